The van der Waals surface area contributed by atoms with Gasteiger partial charge in [0.1, 0.15) is 5.69 Å². The summed E-state index contributed by atoms with van der Waals surface area (Å²) in [7, 11) is 2.75. The van der Waals surface area contributed by atoms with Crippen molar-refractivity contribution in [3.63, 3.8) is 0 Å². The highest BCUT2D eigenvalue weighted by Crippen LogP contribution is 2.44. The molecule has 0 spiro atoms. The van der Waals surface area contributed by atoms with E-state index in [4.69, 9.17) is 21.1 Å². The SMILES string of the molecule is COC(=O)C1(C)CCCc2ccccc21.COC(=O)C1(Cc2nc(Cl)nc(N3CCN(C(=O)O)[C@@H](CC#N)C3)c2[N+](=O)[O-])CCCc2ccccc21. The number of ether oxygens (including phenoxy) is 2. The Balaban J connectivity index is 0.000000289. The van der Waals surface area contributed by atoms with Crippen LogP contribution in [0, 0.1) is 21.4 Å². The number of aromatic nitrogens is 2. The second-order valence-electron chi connectivity index (χ2n) is 13.4. The number of amides is 1. The molecule has 1 saturated heterocycles. The molecule has 1 amide bonds. The molecule has 1 aromatic heterocycles. The number of hydrogen-bond donors (Lipinski definition) is 1. The molecule has 274 valence electrons. The van der Waals surface area contributed by atoms with E-state index in [1.165, 1.54) is 19.8 Å². The van der Waals surface area contributed by atoms with E-state index in [1.54, 1.807) is 4.90 Å². The Kier molecular flexibility index (Phi) is 11.6. The van der Waals surface area contributed by atoms with Crippen LogP contribution in [0.3, 0.4) is 0 Å². The average molecular weight is 733 g/mol. The summed E-state index contributed by atoms with van der Waals surface area (Å²) in [5.74, 6) is -0.707. The minimum atomic E-state index is -1.20. The topological polar surface area (TPSA) is 189 Å². The quantitative estimate of drug-likeness (QED) is 0.138. The van der Waals surface area contributed by atoms with E-state index in [0.717, 1.165) is 47.3 Å². The zero-order valence-electron chi connectivity index (χ0n) is 29.3. The van der Waals surface area contributed by atoms with Crippen LogP contribution >= 0.6 is 11.6 Å². The van der Waals surface area contributed by atoms with Crippen molar-refractivity contribution in [2.45, 2.75) is 75.2 Å². The first-order valence-electron chi connectivity index (χ1n) is 17.1. The Morgan fingerprint density at radius 2 is 1.62 bits per heavy atom. The van der Waals surface area contributed by atoms with Gasteiger partial charge >= 0.3 is 23.7 Å². The molecular weight excluding hydrogens is 692 g/mol. The summed E-state index contributed by atoms with van der Waals surface area (Å²) in [6, 6.07) is 16.9. The number of fused-ring (bicyclic) bond motifs is 2. The summed E-state index contributed by atoms with van der Waals surface area (Å²) >= 11 is 6.25. The minimum absolute atomic E-state index is 0.0124. The number of nitrogens with zero attached hydrogens (tertiary/aromatic N) is 6. The van der Waals surface area contributed by atoms with Gasteiger partial charge in [0.25, 0.3) is 0 Å². The summed E-state index contributed by atoms with van der Waals surface area (Å²) in [6.07, 6.45) is 3.48. The normalized spacial score (nSPS) is 22.0. The number of halogens is 1. The molecule has 15 heteroatoms. The molecule has 1 fully saturated rings. The highest BCUT2D eigenvalue weighted by molar-refractivity contribution is 6.28. The number of rotatable bonds is 7. The highest BCUT2D eigenvalue weighted by atomic mass is 35.5. The fourth-order valence-corrected chi connectivity index (χ4v) is 8.10. The summed E-state index contributed by atoms with van der Waals surface area (Å²) < 4.78 is 10.1. The maximum absolute atomic E-state index is 13.3. The number of piperazine rings is 1. The van der Waals surface area contributed by atoms with Crippen molar-refractivity contribution in [2.75, 3.05) is 38.8 Å². The number of anilines is 1. The number of benzene rings is 2. The molecule has 2 aliphatic carbocycles. The number of esters is 2. The fraction of sp³-hybridized carbons (Fsp3) is 0.459. The predicted molar refractivity (Wildman–Crippen MR) is 190 cm³/mol. The maximum atomic E-state index is 13.3. The fourth-order valence-electron chi connectivity index (χ4n) is 7.92. The van der Waals surface area contributed by atoms with Crippen LogP contribution in [0.25, 0.3) is 0 Å². The highest BCUT2D eigenvalue weighted by Gasteiger charge is 2.47. The van der Waals surface area contributed by atoms with Crippen LogP contribution in [0.5, 0.6) is 0 Å². The van der Waals surface area contributed by atoms with Gasteiger partial charge in [0.15, 0.2) is 0 Å². The first kappa shape index (κ1) is 38.0. The predicted octanol–water partition coefficient (Wildman–Crippen LogP) is 5.56. The Hall–Kier alpha value is -5.29. The minimum Gasteiger partial charge on any atom is -0.468 e. The third-order valence-corrected chi connectivity index (χ3v) is 10.6. The van der Waals surface area contributed by atoms with Crippen LogP contribution < -0.4 is 4.90 Å². The zero-order chi connectivity index (χ0) is 37.6. The van der Waals surface area contributed by atoms with Crippen LogP contribution in [0.4, 0.5) is 16.3 Å². The third-order valence-electron chi connectivity index (χ3n) is 10.4. The lowest BCUT2D eigenvalue weighted by Crippen LogP contribution is -2.55. The molecule has 3 atom stereocenters. The number of carbonyl (C=O) groups is 3. The van der Waals surface area contributed by atoms with Crippen molar-refractivity contribution in [3.05, 3.63) is 91.9 Å². The van der Waals surface area contributed by atoms with Gasteiger partial charge in [-0.1, -0.05) is 48.5 Å². The van der Waals surface area contributed by atoms with Gasteiger partial charge in [-0.3, -0.25) is 19.7 Å². The first-order valence-corrected chi connectivity index (χ1v) is 17.4. The van der Waals surface area contributed by atoms with Crippen molar-refractivity contribution < 1.29 is 33.9 Å². The van der Waals surface area contributed by atoms with Gasteiger partial charge in [0.2, 0.25) is 11.1 Å². The van der Waals surface area contributed by atoms with Crippen molar-refractivity contribution >= 4 is 41.1 Å². The molecule has 14 nitrogen and oxygen atoms in total. The molecule has 52 heavy (non-hydrogen) atoms. The molecule has 1 aliphatic heterocycles. The summed E-state index contributed by atoms with van der Waals surface area (Å²) in [5, 5.41) is 30.8. The number of nitro groups is 1. The first-order chi connectivity index (χ1) is 24.9. The number of carboxylic acid groups (broad SMARTS) is 1. The molecule has 3 aliphatic rings. The van der Waals surface area contributed by atoms with Crippen LogP contribution in [0.15, 0.2) is 48.5 Å². The number of hydrogen-bond acceptors (Lipinski definition) is 11. The number of aryl methyl sites for hydroxylation is 2. The number of carbonyl (C=O) groups excluding carboxylic acids is 2. The van der Waals surface area contributed by atoms with Crippen molar-refractivity contribution in [1.29, 1.82) is 5.26 Å². The van der Waals surface area contributed by atoms with E-state index in [0.29, 0.717) is 12.8 Å². The Morgan fingerprint density at radius 1 is 1.00 bits per heavy atom. The van der Waals surface area contributed by atoms with Crippen LogP contribution in [-0.4, -0.2) is 82.8 Å². The van der Waals surface area contributed by atoms with Crippen molar-refractivity contribution in [3.8, 4) is 6.07 Å². The lowest BCUT2D eigenvalue weighted by Gasteiger charge is -2.39. The monoisotopic (exact) mass is 732 g/mol. The number of methoxy groups -OCH3 is 2. The van der Waals surface area contributed by atoms with Crippen molar-refractivity contribution in [2.24, 2.45) is 0 Å². The van der Waals surface area contributed by atoms with Gasteiger partial charge in [-0.25, -0.2) is 9.78 Å². The molecule has 1 N–H and O–H groups in total. The molecule has 0 radical (unpaired) electrons. The van der Waals surface area contributed by atoms with Crippen LogP contribution in [0.1, 0.15) is 67.0 Å². The summed E-state index contributed by atoms with van der Waals surface area (Å²) in [4.78, 5) is 59.5. The second-order valence-corrected chi connectivity index (χ2v) is 13.7. The lowest BCUT2D eigenvalue weighted by molar-refractivity contribution is -0.385. The van der Waals surface area contributed by atoms with Gasteiger partial charge in [0, 0.05) is 26.1 Å². The largest absolute Gasteiger partial charge is 0.468 e. The number of nitriles is 1. The van der Waals surface area contributed by atoms with Crippen molar-refractivity contribution in [1.82, 2.24) is 14.9 Å². The van der Waals surface area contributed by atoms with Crippen LogP contribution in [-0.2, 0) is 49.2 Å². The van der Waals surface area contributed by atoms with Gasteiger partial charge in [0.05, 0.1) is 48.5 Å². The zero-order valence-corrected chi connectivity index (χ0v) is 30.1. The van der Waals surface area contributed by atoms with Crippen LogP contribution in [0.2, 0.25) is 5.28 Å². The molecule has 2 heterocycles. The molecular formula is C37H41ClN6O8. The van der Waals surface area contributed by atoms with E-state index in [9.17, 15) is 34.9 Å². The van der Waals surface area contributed by atoms with Gasteiger partial charge < -0.3 is 24.4 Å². The lowest BCUT2D eigenvalue weighted by atomic mass is 9.67. The molecule has 0 saturated carbocycles. The molecule has 2 unspecified atom stereocenters. The Morgan fingerprint density at radius 3 is 2.23 bits per heavy atom. The average Bonchev–Trinajstić information content (AvgIpc) is 3.14. The van der Waals surface area contributed by atoms with Gasteiger partial charge in [-0.15, -0.1) is 0 Å². The standard InChI is InChI=1S/C24H25ClN6O6.C13H16O2/c1-37-21(32)24(9-4-6-15-5-2-3-7-17(15)24)13-18-19(31(35)36)20(28-22(25)27-18)29-11-12-30(23(33)34)16(14-29)8-10-26;1-13(12(14)15-2)9-5-7-10-6-3-4-8-11(10)13/h2-3,5,7,16H,4,6,8-9,11-14H2,1H3,(H,33,34);3-4,6,8H,5,7,9H2,1-2H3/t16-,24?;/m0./s1. The Bertz CT molecular complexity index is 1900. The summed E-state index contributed by atoms with van der Waals surface area (Å²) in [6.45, 7) is 2.12. The van der Waals surface area contributed by atoms with E-state index >= 15 is 0 Å². The molecule has 0 bridgehead atoms. The van der Waals surface area contributed by atoms with E-state index in [-0.39, 0.29) is 55.2 Å². The summed E-state index contributed by atoms with van der Waals surface area (Å²) in [5.41, 5.74) is 2.07. The van der Waals surface area contributed by atoms with Gasteiger partial charge in [-0.05, 0) is 79.3 Å². The third kappa shape index (κ3) is 7.36. The van der Waals surface area contributed by atoms with Gasteiger partial charge in [-0.2, -0.15) is 10.2 Å². The second kappa shape index (κ2) is 15.9. The molecule has 6 rings (SSSR count). The smallest absolute Gasteiger partial charge is 0.407 e. The van der Waals surface area contributed by atoms with E-state index in [2.05, 4.69) is 16.0 Å². The van der Waals surface area contributed by atoms with E-state index < -0.39 is 39.5 Å². The van der Waals surface area contributed by atoms with E-state index in [1.807, 2.05) is 55.5 Å². The Labute approximate surface area is 306 Å². The maximum Gasteiger partial charge on any atom is 0.407 e. The molecule has 2 aromatic carbocycles. The molecule has 3 aromatic rings.